The standard InChI is InChI=1S/C15H13N2O2/c16-14(18)15(19)17-10-11-6-8-13(9-7-11)12-4-2-1-3-5-12/h1-2,4-9H,10H2,(H2,16,18)(H,17,19). The highest BCUT2D eigenvalue weighted by Crippen LogP contribution is 2.18. The summed E-state index contributed by atoms with van der Waals surface area (Å²) in [7, 11) is 0. The van der Waals surface area contributed by atoms with Crippen LogP contribution in [0.25, 0.3) is 11.1 Å². The lowest BCUT2D eigenvalue weighted by atomic mass is 10.0. The first-order valence-corrected chi connectivity index (χ1v) is 5.80. The van der Waals surface area contributed by atoms with E-state index in [4.69, 9.17) is 5.73 Å². The SMILES string of the molecule is NC(=O)C(=O)NCc1ccc(-c2c[c]ccc2)cc1. The van der Waals surface area contributed by atoms with Crippen molar-refractivity contribution in [2.45, 2.75) is 6.54 Å². The number of benzene rings is 2. The fourth-order valence-electron chi connectivity index (χ4n) is 1.66. The summed E-state index contributed by atoms with van der Waals surface area (Å²) in [5.41, 5.74) is 7.90. The Hall–Kier alpha value is -2.62. The zero-order valence-electron chi connectivity index (χ0n) is 10.2. The average Bonchev–Trinajstić information content (AvgIpc) is 2.46. The fourth-order valence-corrected chi connectivity index (χ4v) is 1.66. The number of hydrogen-bond acceptors (Lipinski definition) is 2. The van der Waals surface area contributed by atoms with Crippen LogP contribution in [-0.4, -0.2) is 11.8 Å². The molecule has 0 spiro atoms. The first-order valence-electron chi connectivity index (χ1n) is 5.80. The molecule has 0 heterocycles. The summed E-state index contributed by atoms with van der Waals surface area (Å²) < 4.78 is 0. The van der Waals surface area contributed by atoms with Gasteiger partial charge in [-0.3, -0.25) is 9.59 Å². The highest BCUT2D eigenvalue weighted by Gasteiger charge is 2.07. The molecule has 0 saturated heterocycles. The van der Waals surface area contributed by atoms with Crippen LogP contribution in [0.15, 0.2) is 48.5 Å². The van der Waals surface area contributed by atoms with E-state index in [-0.39, 0.29) is 6.54 Å². The minimum absolute atomic E-state index is 0.281. The maximum absolute atomic E-state index is 11.0. The van der Waals surface area contributed by atoms with E-state index in [1.54, 1.807) is 0 Å². The molecule has 0 bridgehead atoms. The predicted molar refractivity (Wildman–Crippen MR) is 71.8 cm³/mol. The lowest BCUT2D eigenvalue weighted by Gasteiger charge is -2.05. The van der Waals surface area contributed by atoms with Crippen molar-refractivity contribution in [3.63, 3.8) is 0 Å². The van der Waals surface area contributed by atoms with Crippen molar-refractivity contribution in [3.05, 3.63) is 60.2 Å². The fraction of sp³-hybridized carbons (Fsp3) is 0.0667. The second kappa shape index (κ2) is 5.82. The van der Waals surface area contributed by atoms with Crippen LogP contribution in [0, 0.1) is 6.07 Å². The molecule has 0 aliphatic rings. The minimum Gasteiger partial charge on any atom is -0.361 e. The number of rotatable bonds is 3. The molecular weight excluding hydrogens is 240 g/mol. The monoisotopic (exact) mass is 253 g/mol. The molecule has 2 aromatic carbocycles. The van der Waals surface area contributed by atoms with E-state index in [0.717, 1.165) is 16.7 Å². The van der Waals surface area contributed by atoms with Gasteiger partial charge in [-0.2, -0.15) is 0 Å². The molecule has 0 fully saturated rings. The van der Waals surface area contributed by atoms with Crippen molar-refractivity contribution < 1.29 is 9.59 Å². The lowest BCUT2D eigenvalue weighted by molar-refractivity contribution is -0.137. The molecule has 0 atom stereocenters. The Morgan fingerprint density at radius 3 is 2.42 bits per heavy atom. The van der Waals surface area contributed by atoms with Gasteiger partial charge in [0.25, 0.3) is 0 Å². The third kappa shape index (κ3) is 3.42. The van der Waals surface area contributed by atoms with Crippen molar-refractivity contribution in [2.24, 2.45) is 5.73 Å². The number of hydrogen-bond donors (Lipinski definition) is 2. The van der Waals surface area contributed by atoms with E-state index in [1.807, 2.05) is 48.5 Å². The Balaban J connectivity index is 2.03. The first-order chi connectivity index (χ1) is 9.16. The van der Waals surface area contributed by atoms with Crippen molar-refractivity contribution in [1.82, 2.24) is 5.32 Å². The Morgan fingerprint density at radius 2 is 1.84 bits per heavy atom. The van der Waals surface area contributed by atoms with Gasteiger partial charge in [-0.05, 0) is 28.8 Å². The molecule has 4 heteroatoms. The molecule has 3 N–H and O–H groups in total. The van der Waals surface area contributed by atoms with Crippen molar-refractivity contribution in [2.75, 3.05) is 0 Å². The first kappa shape index (κ1) is 12.8. The summed E-state index contributed by atoms with van der Waals surface area (Å²) >= 11 is 0. The van der Waals surface area contributed by atoms with E-state index in [9.17, 15) is 9.59 Å². The summed E-state index contributed by atoms with van der Waals surface area (Å²) in [5, 5.41) is 2.44. The van der Waals surface area contributed by atoms with Gasteiger partial charge < -0.3 is 11.1 Å². The van der Waals surface area contributed by atoms with E-state index >= 15 is 0 Å². The molecule has 19 heavy (non-hydrogen) atoms. The quantitative estimate of drug-likeness (QED) is 0.808. The van der Waals surface area contributed by atoms with E-state index in [1.165, 1.54) is 0 Å². The second-order valence-corrected chi connectivity index (χ2v) is 4.04. The predicted octanol–water partition coefficient (Wildman–Crippen LogP) is 1.26. The highest BCUT2D eigenvalue weighted by molar-refractivity contribution is 6.34. The van der Waals surface area contributed by atoms with Crippen molar-refractivity contribution in [3.8, 4) is 11.1 Å². The van der Waals surface area contributed by atoms with Crippen LogP contribution >= 0.6 is 0 Å². The summed E-state index contributed by atoms with van der Waals surface area (Å²) in [6.45, 7) is 0.281. The molecule has 0 saturated carbocycles. The Morgan fingerprint density at radius 1 is 1.11 bits per heavy atom. The molecule has 95 valence electrons. The number of nitrogens with two attached hydrogens (primary N) is 1. The summed E-state index contributed by atoms with van der Waals surface area (Å²) in [5.74, 6) is -1.75. The molecule has 2 rings (SSSR count). The maximum atomic E-state index is 11.0. The Bertz CT molecular complexity index is 577. The van der Waals surface area contributed by atoms with E-state index in [0.29, 0.717) is 0 Å². The largest absolute Gasteiger partial charge is 0.361 e. The van der Waals surface area contributed by atoms with Crippen LogP contribution in [0.3, 0.4) is 0 Å². The van der Waals surface area contributed by atoms with Crippen LogP contribution < -0.4 is 11.1 Å². The van der Waals surface area contributed by atoms with Gasteiger partial charge in [-0.1, -0.05) is 42.5 Å². The molecule has 2 aromatic rings. The van der Waals surface area contributed by atoms with Crippen molar-refractivity contribution >= 4 is 11.8 Å². The van der Waals surface area contributed by atoms with Gasteiger partial charge in [-0.15, -0.1) is 0 Å². The number of primary amides is 1. The second-order valence-electron chi connectivity index (χ2n) is 4.04. The van der Waals surface area contributed by atoms with Gasteiger partial charge in [0.05, 0.1) is 0 Å². The summed E-state index contributed by atoms with van der Waals surface area (Å²) in [4.78, 5) is 21.6. The van der Waals surface area contributed by atoms with Gasteiger partial charge in [0.1, 0.15) is 0 Å². The topological polar surface area (TPSA) is 72.2 Å². The highest BCUT2D eigenvalue weighted by atomic mass is 16.2. The van der Waals surface area contributed by atoms with Crippen LogP contribution in [0.5, 0.6) is 0 Å². The van der Waals surface area contributed by atoms with E-state index in [2.05, 4.69) is 11.4 Å². The third-order valence-corrected chi connectivity index (χ3v) is 2.67. The summed E-state index contributed by atoms with van der Waals surface area (Å²) in [6, 6.07) is 18.4. The van der Waals surface area contributed by atoms with Crippen LogP contribution in [0.2, 0.25) is 0 Å². The van der Waals surface area contributed by atoms with Crippen LogP contribution in [-0.2, 0) is 16.1 Å². The molecule has 0 aliphatic heterocycles. The third-order valence-electron chi connectivity index (χ3n) is 2.67. The minimum atomic E-state index is -0.976. The zero-order chi connectivity index (χ0) is 13.7. The van der Waals surface area contributed by atoms with Gasteiger partial charge in [0.15, 0.2) is 0 Å². The smallest absolute Gasteiger partial charge is 0.309 e. The van der Waals surface area contributed by atoms with Gasteiger partial charge >= 0.3 is 11.8 Å². The molecular formula is C15H13N2O2. The maximum Gasteiger partial charge on any atom is 0.309 e. The Kier molecular flexibility index (Phi) is 3.93. The number of amides is 2. The van der Waals surface area contributed by atoms with Gasteiger partial charge in [-0.25, -0.2) is 0 Å². The number of carbonyl (C=O) groups excluding carboxylic acids is 2. The number of carbonyl (C=O) groups is 2. The molecule has 4 nitrogen and oxygen atoms in total. The van der Waals surface area contributed by atoms with Crippen LogP contribution in [0.4, 0.5) is 0 Å². The van der Waals surface area contributed by atoms with Gasteiger partial charge in [0, 0.05) is 6.54 Å². The molecule has 0 aliphatic carbocycles. The number of nitrogens with one attached hydrogen (secondary N) is 1. The van der Waals surface area contributed by atoms with Gasteiger partial charge in [0.2, 0.25) is 0 Å². The normalized spacial score (nSPS) is 9.89. The molecule has 1 radical (unpaired) electrons. The molecule has 0 unspecified atom stereocenters. The Labute approximate surface area is 111 Å². The lowest BCUT2D eigenvalue weighted by Crippen LogP contribution is -2.35. The zero-order valence-corrected chi connectivity index (χ0v) is 10.2. The average molecular weight is 253 g/mol. The summed E-state index contributed by atoms with van der Waals surface area (Å²) in [6.07, 6.45) is 0. The van der Waals surface area contributed by atoms with Crippen LogP contribution in [0.1, 0.15) is 5.56 Å². The van der Waals surface area contributed by atoms with Crippen molar-refractivity contribution in [1.29, 1.82) is 0 Å². The van der Waals surface area contributed by atoms with E-state index < -0.39 is 11.8 Å². The molecule has 0 aromatic heterocycles. The molecule has 2 amide bonds.